The number of benzene rings is 1. The molecule has 0 aliphatic heterocycles. The number of carbonyl (C=O) groups is 1. The van der Waals surface area contributed by atoms with Gasteiger partial charge in [0.2, 0.25) is 0 Å². The molecule has 0 saturated carbocycles. The first-order chi connectivity index (χ1) is 9.70. The summed E-state index contributed by atoms with van der Waals surface area (Å²) in [6.07, 6.45) is -4.43. The Morgan fingerprint density at radius 1 is 1.29 bits per heavy atom. The lowest BCUT2D eigenvalue weighted by Gasteiger charge is -2.19. The quantitative estimate of drug-likeness (QED) is 0.863. The Bertz CT molecular complexity index is 472. The van der Waals surface area contributed by atoms with E-state index in [1.54, 1.807) is 38.4 Å². The summed E-state index contributed by atoms with van der Waals surface area (Å²) in [5, 5.41) is 3.12. The van der Waals surface area contributed by atoms with E-state index in [0.717, 1.165) is 0 Å². The van der Waals surface area contributed by atoms with Gasteiger partial charge in [-0.3, -0.25) is 4.79 Å². The summed E-state index contributed by atoms with van der Waals surface area (Å²) in [5.74, 6) is -0.138. The number of nitrogens with one attached hydrogen (secondary N) is 1. The number of hydrogen-bond acceptors (Lipinski definition) is 2. The van der Waals surface area contributed by atoms with Gasteiger partial charge in [-0.05, 0) is 31.9 Å². The van der Waals surface area contributed by atoms with Crippen LogP contribution in [0.1, 0.15) is 36.5 Å². The third kappa shape index (κ3) is 6.06. The predicted octanol–water partition coefficient (Wildman–Crippen LogP) is 3.92. The molecule has 1 unspecified atom stereocenters. The first-order valence-corrected chi connectivity index (χ1v) is 6.84. The second kappa shape index (κ2) is 7.33. The maximum atomic E-state index is 12.1. The Morgan fingerprint density at radius 2 is 1.90 bits per heavy atom. The topological polar surface area (TPSA) is 32.3 Å². The third-order valence-electron chi connectivity index (χ3n) is 3.06. The van der Waals surface area contributed by atoms with Crippen molar-refractivity contribution in [2.75, 3.05) is 19.4 Å². The second-order valence-corrected chi connectivity index (χ2v) is 5.30. The monoisotopic (exact) mass is 302 g/mol. The van der Waals surface area contributed by atoms with Gasteiger partial charge < -0.3 is 10.2 Å². The van der Waals surface area contributed by atoms with Gasteiger partial charge in [0.25, 0.3) is 5.91 Å². The fourth-order valence-electron chi connectivity index (χ4n) is 1.98. The second-order valence-electron chi connectivity index (χ2n) is 5.30. The van der Waals surface area contributed by atoms with Crippen molar-refractivity contribution in [2.45, 2.75) is 38.4 Å². The summed E-state index contributed by atoms with van der Waals surface area (Å²) in [6.45, 7) is 1.81. The van der Waals surface area contributed by atoms with Gasteiger partial charge in [0.05, 0.1) is 5.56 Å². The number of anilines is 1. The number of halogens is 3. The Balaban J connectivity index is 2.64. The first-order valence-electron chi connectivity index (χ1n) is 6.84. The molecule has 3 nitrogen and oxygen atoms in total. The number of hydrogen-bond donors (Lipinski definition) is 1. The lowest BCUT2D eigenvalue weighted by molar-refractivity contribution is -0.135. The summed E-state index contributed by atoms with van der Waals surface area (Å²) in [5.41, 5.74) is 1.17. The van der Waals surface area contributed by atoms with Gasteiger partial charge in [-0.2, -0.15) is 13.2 Å². The molecule has 0 aliphatic rings. The molecule has 21 heavy (non-hydrogen) atoms. The highest BCUT2D eigenvalue weighted by molar-refractivity contribution is 5.99. The largest absolute Gasteiger partial charge is 0.389 e. The molecule has 0 saturated heterocycles. The molecule has 0 aromatic heterocycles. The molecular formula is C15H21F3N2O. The van der Waals surface area contributed by atoms with Crippen LogP contribution >= 0.6 is 0 Å². The van der Waals surface area contributed by atoms with Crippen molar-refractivity contribution >= 4 is 11.6 Å². The van der Waals surface area contributed by atoms with Crippen LogP contribution in [0.3, 0.4) is 0 Å². The van der Waals surface area contributed by atoms with Crippen molar-refractivity contribution < 1.29 is 18.0 Å². The summed E-state index contributed by atoms with van der Waals surface area (Å²) in [4.78, 5) is 13.5. The number of nitrogens with zero attached hydrogens (tertiary/aromatic N) is 1. The predicted molar refractivity (Wildman–Crippen MR) is 77.5 cm³/mol. The SMILES string of the molecule is CC(CCCC(F)(F)F)Nc1ccccc1C(=O)N(C)C. The average molecular weight is 302 g/mol. The highest BCUT2D eigenvalue weighted by atomic mass is 19.4. The Labute approximate surface area is 123 Å². The Kier molecular flexibility index (Phi) is 6.05. The van der Waals surface area contributed by atoms with Gasteiger partial charge in [0.1, 0.15) is 0 Å². The van der Waals surface area contributed by atoms with Crippen molar-refractivity contribution in [1.29, 1.82) is 0 Å². The van der Waals surface area contributed by atoms with Crippen molar-refractivity contribution in [3.05, 3.63) is 29.8 Å². The molecule has 6 heteroatoms. The minimum atomic E-state index is -4.11. The number of alkyl halides is 3. The van der Waals surface area contributed by atoms with Crippen LogP contribution in [0.25, 0.3) is 0 Å². The zero-order chi connectivity index (χ0) is 16.0. The summed E-state index contributed by atoms with van der Waals surface area (Å²) >= 11 is 0. The molecule has 0 heterocycles. The van der Waals surface area contributed by atoms with Gasteiger partial charge in [0, 0.05) is 32.2 Å². The lowest BCUT2D eigenvalue weighted by Crippen LogP contribution is -2.24. The van der Waals surface area contributed by atoms with Crippen molar-refractivity contribution in [1.82, 2.24) is 4.90 Å². The van der Waals surface area contributed by atoms with Crippen LogP contribution in [-0.4, -0.2) is 37.1 Å². The first kappa shape index (κ1) is 17.3. The summed E-state index contributed by atoms with van der Waals surface area (Å²) in [6, 6.07) is 6.88. The van der Waals surface area contributed by atoms with Crippen molar-refractivity contribution in [3.8, 4) is 0 Å². The van der Waals surface area contributed by atoms with Crippen LogP contribution in [-0.2, 0) is 0 Å². The van der Waals surface area contributed by atoms with Crippen LogP contribution < -0.4 is 5.32 Å². The van der Waals surface area contributed by atoms with E-state index in [4.69, 9.17) is 0 Å². The van der Waals surface area contributed by atoms with E-state index in [1.165, 1.54) is 4.90 Å². The van der Waals surface area contributed by atoms with Gasteiger partial charge in [0.15, 0.2) is 0 Å². The number of rotatable bonds is 6. The third-order valence-corrected chi connectivity index (χ3v) is 3.06. The number of carbonyl (C=O) groups excluding carboxylic acids is 1. The van der Waals surface area contributed by atoms with Crippen LogP contribution in [0.2, 0.25) is 0 Å². The van der Waals surface area contributed by atoms with Crippen LogP contribution in [0, 0.1) is 0 Å². The molecule has 0 spiro atoms. The zero-order valence-corrected chi connectivity index (χ0v) is 12.5. The van der Waals surface area contributed by atoms with Crippen LogP contribution in [0.15, 0.2) is 24.3 Å². The molecule has 0 aliphatic carbocycles. The molecule has 0 bridgehead atoms. The molecule has 1 rings (SSSR count). The highest BCUT2D eigenvalue weighted by Gasteiger charge is 2.26. The highest BCUT2D eigenvalue weighted by Crippen LogP contribution is 2.24. The van der Waals surface area contributed by atoms with Crippen LogP contribution in [0.4, 0.5) is 18.9 Å². The van der Waals surface area contributed by atoms with Crippen molar-refractivity contribution in [3.63, 3.8) is 0 Å². The van der Waals surface area contributed by atoms with Gasteiger partial charge >= 0.3 is 6.18 Å². The molecular weight excluding hydrogens is 281 g/mol. The Hall–Kier alpha value is -1.72. The fourth-order valence-corrected chi connectivity index (χ4v) is 1.98. The van der Waals surface area contributed by atoms with E-state index in [-0.39, 0.29) is 18.4 Å². The standard InChI is InChI=1S/C15H21F3N2O/c1-11(7-6-10-15(16,17)18)19-13-9-5-4-8-12(13)14(21)20(2)3/h4-5,8-9,11,19H,6-7,10H2,1-3H3. The molecule has 0 fully saturated rings. The van der Waals surface area contributed by atoms with E-state index in [1.807, 2.05) is 6.92 Å². The van der Waals surface area contributed by atoms with Crippen molar-refractivity contribution in [2.24, 2.45) is 0 Å². The molecule has 1 N–H and O–H groups in total. The van der Waals surface area contributed by atoms with E-state index < -0.39 is 12.6 Å². The average Bonchev–Trinajstić information content (AvgIpc) is 2.36. The normalized spacial score (nSPS) is 12.9. The van der Waals surface area contributed by atoms with Crippen LogP contribution in [0.5, 0.6) is 0 Å². The molecule has 118 valence electrons. The smallest absolute Gasteiger partial charge is 0.382 e. The maximum absolute atomic E-state index is 12.1. The summed E-state index contributed by atoms with van der Waals surface area (Å²) < 4.78 is 36.4. The molecule has 1 atom stereocenters. The minimum absolute atomic E-state index is 0.0709. The molecule has 0 radical (unpaired) electrons. The van der Waals surface area contributed by atoms with E-state index in [9.17, 15) is 18.0 Å². The number of para-hydroxylation sites is 1. The minimum Gasteiger partial charge on any atom is -0.382 e. The zero-order valence-electron chi connectivity index (χ0n) is 12.5. The van der Waals surface area contributed by atoms with Gasteiger partial charge in [-0.25, -0.2) is 0 Å². The molecule has 1 amide bonds. The molecule has 1 aromatic rings. The Morgan fingerprint density at radius 3 is 2.48 bits per heavy atom. The fraction of sp³-hybridized carbons (Fsp3) is 0.533. The number of amides is 1. The molecule has 1 aromatic carbocycles. The van der Waals surface area contributed by atoms with Gasteiger partial charge in [-0.1, -0.05) is 12.1 Å². The lowest BCUT2D eigenvalue weighted by atomic mass is 10.1. The maximum Gasteiger partial charge on any atom is 0.389 e. The summed E-state index contributed by atoms with van der Waals surface area (Å²) in [7, 11) is 3.32. The van der Waals surface area contributed by atoms with E-state index in [0.29, 0.717) is 17.7 Å². The van der Waals surface area contributed by atoms with E-state index >= 15 is 0 Å². The van der Waals surface area contributed by atoms with E-state index in [2.05, 4.69) is 5.32 Å². The van der Waals surface area contributed by atoms with Gasteiger partial charge in [-0.15, -0.1) is 0 Å².